The van der Waals surface area contributed by atoms with E-state index in [9.17, 15) is 0 Å². The fourth-order valence-electron chi connectivity index (χ4n) is 3.92. The van der Waals surface area contributed by atoms with Gasteiger partial charge in [-0.2, -0.15) is 0 Å². The third-order valence-corrected chi connectivity index (χ3v) is 5.24. The van der Waals surface area contributed by atoms with Gasteiger partial charge >= 0.3 is 0 Å². The zero-order valence-corrected chi connectivity index (χ0v) is 14.5. The van der Waals surface area contributed by atoms with Crippen LogP contribution in [0.3, 0.4) is 0 Å². The molecule has 4 heteroatoms. The summed E-state index contributed by atoms with van der Waals surface area (Å²) < 4.78 is 0. The largest absolute Gasteiger partial charge is 0.352 e. The van der Waals surface area contributed by atoms with Gasteiger partial charge < -0.3 is 10.2 Å². The van der Waals surface area contributed by atoms with Gasteiger partial charge in [-0.1, -0.05) is 30.3 Å². The molecule has 4 nitrogen and oxygen atoms in total. The minimum atomic E-state index is 0.461. The predicted octanol–water partition coefficient (Wildman–Crippen LogP) is 3.20. The van der Waals surface area contributed by atoms with Gasteiger partial charge in [0, 0.05) is 36.8 Å². The minimum Gasteiger partial charge on any atom is -0.352 e. The molecular weight excluding hydrogens is 296 g/mol. The van der Waals surface area contributed by atoms with Gasteiger partial charge in [-0.15, -0.1) is 0 Å². The molecule has 4 rings (SSSR count). The summed E-state index contributed by atoms with van der Waals surface area (Å²) in [5, 5.41) is 3.49. The molecule has 1 unspecified atom stereocenters. The van der Waals surface area contributed by atoms with Gasteiger partial charge in [0.05, 0.1) is 0 Å². The quantitative estimate of drug-likeness (QED) is 0.942. The number of benzene rings is 1. The van der Waals surface area contributed by atoms with Crippen LogP contribution in [0.2, 0.25) is 0 Å². The second-order valence-corrected chi connectivity index (χ2v) is 7.02. The summed E-state index contributed by atoms with van der Waals surface area (Å²) in [6, 6.07) is 10.7. The van der Waals surface area contributed by atoms with Gasteiger partial charge in [-0.25, -0.2) is 9.97 Å². The molecule has 0 radical (unpaired) electrons. The number of hydrogen-bond donors (Lipinski definition) is 1. The van der Waals surface area contributed by atoms with Gasteiger partial charge in [0.15, 0.2) is 0 Å². The third-order valence-electron chi connectivity index (χ3n) is 5.24. The highest BCUT2D eigenvalue weighted by molar-refractivity contribution is 5.52. The van der Waals surface area contributed by atoms with Crippen LogP contribution in [-0.4, -0.2) is 29.6 Å². The van der Waals surface area contributed by atoms with E-state index in [-0.39, 0.29) is 0 Å². The maximum atomic E-state index is 5.05. The van der Waals surface area contributed by atoms with Crippen molar-refractivity contribution in [2.45, 2.75) is 45.1 Å². The first-order valence-electron chi connectivity index (χ1n) is 9.18. The molecule has 0 spiro atoms. The number of fused-ring (bicyclic) bond motifs is 1. The molecule has 1 aromatic heterocycles. The second kappa shape index (κ2) is 6.89. The van der Waals surface area contributed by atoms with Crippen LogP contribution in [-0.2, 0) is 13.0 Å². The van der Waals surface area contributed by atoms with Crippen molar-refractivity contribution in [2.24, 2.45) is 0 Å². The Morgan fingerprint density at radius 2 is 2.04 bits per heavy atom. The third kappa shape index (κ3) is 3.16. The smallest absolute Gasteiger partial charge is 0.136 e. The number of rotatable bonds is 3. The topological polar surface area (TPSA) is 41.1 Å². The van der Waals surface area contributed by atoms with Gasteiger partial charge in [-0.3, -0.25) is 0 Å². The molecule has 2 aromatic rings. The average Bonchev–Trinajstić information content (AvgIpc) is 2.64. The maximum absolute atomic E-state index is 5.05. The Bertz CT molecular complexity index is 692. The number of nitrogens with zero attached hydrogens (tertiary/aromatic N) is 3. The maximum Gasteiger partial charge on any atom is 0.136 e. The minimum absolute atomic E-state index is 0.461. The Morgan fingerprint density at radius 3 is 2.83 bits per heavy atom. The standard InChI is InChI=1S/C20H26N4/c1-15-18-10-6-12-24(14-16-7-3-2-4-8-16)20(18)23-19(22-15)17-9-5-11-21-13-17/h2-4,7-8,17,21H,5-6,9-14H2,1H3. The van der Waals surface area contributed by atoms with Crippen molar-refractivity contribution < 1.29 is 0 Å². The number of aryl methyl sites for hydroxylation is 1. The lowest BCUT2D eigenvalue weighted by molar-refractivity contribution is 0.444. The fourth-order valence-corrected chi connectivity index (χ4v) is 3.92. The van der Waals surface area contributed by atoms with Crippen molar-refractivity contribution in [3.63, 3.8) is 0 Å². The first kappa shape index (κ1) is 15.6. The molecule has 0 aliphatic carbocycles. The number of anilines is 1. The predicted molar refractivity (Wildman–Crippen MR) is 97.4 cm³/mol. The molecule has 1 N–H and O–H groups in total. The van der Waals surface area contributed by atoms with Crippen molar-refractivity contribution in [3.8, 4) is 0 Å². The lowest BCUT2D eigenvalue weighted by Gasteiger charge is -2.32. The van der Waals surface area contributed by atoms with E-state index in [1.165, 1.54) is 41.9 Å². The van der Waals surface area contributed by atoms with Crippen LogP contribution in [0.15, 0.2) is 30.3 Å². The van der Waals surface area contributed by atoms with Gasteiger partial charge in [0.1, 0.15) is 11.6 Å². The molecule has 2 aliphatic rings. The highest BCUT2D eigenvalue weighted by atomic mass is 15.2. The van der Waals surface area contributed by atoms with E-state index in [4.69, 9.17) is 9.97 Å². The van der Waals surface area contributed by atoms with E-state index >= 15 is 0 Å². The van der Waals surface area contributed by atoms with Crippen LogP contribution < -0.4 is 10.2 Å². The average molecular weight is 322 g/mol. The molecule has 3 heterocycles. The van der Waals surface area contributed by atoms with E-state index in [0.717, 1.165) is 38.4 Å². The fraction of sp³-hybridized carbons (Fsp3) is 0.500. The molecule has 2 aliphatic heterocycles. The van der Waals surface area contributed by atoms with Crippen molar-refractivity contribution in [2.75, 3.05) is 24.5 Å². The lowest BCUT2D eigenvalue weighted by Crippen LogP contribution is -2.33. The van der Waals surface area contributed by atoms with Crippen molar-refractivity contribution in [1.82, 2.24) is 15.3 Å². The number of piperidine rings is 1. The van der Waals surface area contributed by atoms with Crippen LogP contribution in [0.1, 0.15) is 47.8 Å². The van der Waals surface area contributed by atoms with Crippen LogP contribution in [0, 0.1) is 6.92 Å². The Morgan fingerprint density at radius 1 is 1.17 bits per heavy atom. The van der Waals surface area contributed by atoms with Crippen LogP contribution in [0.5, 0.6) is 0 Å². The van der Waals surface area contributed by atoms with Crippen molar-refractivity contribution >= 4 is 5.82 Å². The molecule has 0 saturated carbocycles. The highest BCUT2D eigenvalue weighted by Gasteiger charge is 2.25. The molecule has 24 heavy (non-hydrogen) atoms. The molecule has 1 atom stereocenters. The summed E-state index contributed by atoms with van der Waals surface area (Å²) in [6.07, 6.45) is 4.71. The van der Waals surface area contributed by atoms with Gasteiger partial charge in [-0.05, 0) is 44.7 Å². The van der Waals surface area contributed by atoms with Gasteiger partial charge in [0.2, 0.25) is 0 Å². The number of aromatic nitrogens is 2. The normalized spacial score (nSPS) is 20.7. The molecule has 1 fully saturated rings. The Balaban J connectivity index is 1.65. The van der Waals surface area contributed by atoms with Crippen molar-refractivity contribution in [1.29, 1.82) is 0 Å². The highest BCUT2D eigenvalue weighted by Crippen LogP contribution is 2.31. The number of hydrogen-bond acceptors (Lipinski definition) is 4. The van der Waals surface area contributed by atoms with Crippen molar-refractivity contribution in [3.05, 3.63) is 53.0 Å². The monoisotopic (exact) mass is 322 g/mol. The Labute approximate surface area is 144 Å². The summed E-state index contributed by atoms with van der Waals surface area (Å²) in [7, 11) is 0. The molecular formula is C20H26N4. The second-order valence-electron chi connectivity index (χ2n) is 7.02. The summed E-state index contributed by atoms with van der Waals surface area (Å²) >= 11 is 0. The molecule has 1 aromatic carbocycles. The summed E-state index contributed by atoms with van der Waals surface area (Å²) in [5.74, 6) is 2.68. The zero-order valence-electron chi connectivity index (χ0n) is 14.5. The van der Waals surface area contributed by atoms with Gasteiger partial charge in [0.25, 0.3) is 0 Å². The van der Waals surface area contributed by atoms with E-state index in [1.807, 2.05) is 0 Å². The van der Waals surface area contributed by atoms with E-state index in [0.29, 0.717) is 5.92 Å². The Kier molecular flexibility index (Phi) is 4.48. The van der Waals surface area contributed by atoms with E-state index in [2.05, 4.69) is 47.5 Å². The molecule has 0 bridgehead atoms. The first-order valence-corrected chi connectivity index (χ1v) is 9.18. The SMILES string of the molecule is Cc1nc(C2CCCNC2)nc2c1CCCN2Cc1ccccc1. The first-order chi connectivity index (χ1) is 11.8. The zero-order chi connectivity index (χ0) is 16.4. The van der Waals surface area contributed by atoms with Crippen LogP contribution >= 0.6 is 0 Å². The van der Waals surface area contributed by atoms with E-state index < -0.39 is 0 Å². The molecule has 126 valence electrons. The lowest BCUT2D eigenvalue weighted by atomic mass is 9.97. The summed E-state index contributed by atoms with van der Waals surface area (Å²) in [4.78, 5) is 12.4. The Hall–Kier alpha value is -1.94. The molecule has 1 saturated heterocycles. The number of nitrogens with one attached hydrogen (secondary N) is 1. The van der Waals surface area contributed by atoms with Crippen LogP contribution in [0.25, 0.3) is 0 Å². The van der Waals surface area contributed by atoms with E-state index in [1.54, 1.807) is 0 Å². The van der Waals surface area contributed by atoms with Crippen LogP contribution in [0.4, 0.5) is 5.82 Å². The molecule has 0 amide bonds. The summed E-state index contributed by atoms with van der Waals surface area (Å²) in [6.45, 7) is 6.32. The summed E-state index contributed by atoms with van der Waals surface area (Å²) in [5.41, 5.74) is 3.88.